The SMILES string of the molecule is N#Cc1ccc(Cl)cc1N1CC(C(=O)O)CC1=O. The highest BCUT2D eigenvalue weighted by Gasteiger charge is 2.36. The number of carboxylic acid groups (broad SMARTS) is 1. The number of hydrogen-bond donors (Lipinski definition) is 1. The lowest BCUT2D eigenvalue weighted by molar-refractivity contribution is -0.141. The highest BCUT2D eigenvalue weighted by molar-refractivity contribution is 6.31. The second kappa shape index (κ2) is 4.67. The third-order valence-electron chi connectivity index (χ3n) is 2.85. The Hall–Kier alpha value is -2.06. The lowest BCUT2D eigenvalue weighted by Crippen LogP contribution is -2.26. The van der Waals surface area contributed by atoms with E-state index in [2.05, 4.69) is 0 Å². The first-order valence-electron chi connectivity index (χ1n) is 5.25. The molecule has 1 saturated heterocycles. The van der Waals surface area contributed by atoms with Crippen LogP contribution in [0.5, 0.6) is 0 Å². The van der Waals surface area contributed by atoms with Gasteiger partial charge in [0.15, 0.2) is 0 Å². The van der Waals surface area contributed by atoms with Crippen LogP contribution in [0.2, 0.25) is 5.02 Å². The lowest BCUT2D eigenvalue weighted by atomic mass is 10.1. The first kappa shape index (κ1) is 12.4. The van der Waals surface area contributed by atoms with Gasteiger partial charge in [0.25, 0.3) is 0 Å². The molecule has 2 rings (SSSR count). The van der Waals surface area contributed by atoms with Crippen LogP contribution in [0, 0.1) is 17.2 Å². The summed E-state index contributed by atoms with van der Waals surface area (Å²) in [5, 5.41) is 18.3. The van der Waals surface area contributed by atoms with Gasteiger partial charge in [0.1, 0.15) is 6.07 Å². The normalized spacial score (nSPS) is 18.8. The molecule has 1 unspecified atom stereocenters. The molecule has 0 bridgehead atoms. The molecule has 18 heavy (non-hydrogen) atoms. The summed E-state index contributed by atoms with van der Waals surface area (Å²) >= 11 is 5.84. The molecule has 0 aliphatic carbocycles. The van der Waals surface area contributed by atoms with Gasteiger partial charge in [-0.3, -0.25) is 9.59 Å². The van der Waals surface area contributed by atoms with Gasteiger partial charge in [-0.25, -0.2) is 0 Å². The molecule has 0 saturated carbocycles. The summed E-state index contributed by atoms with van der Waals surface area (Å²) in [6.45, 7) is 0.0726. The maximum Gasteiger partial charge on any atom is 0.308 e. The average Bonchev–Trinajstić information content (AvgIpc) is 2.71. The van der Waals surface area contributed by atoms with Crippen molar-refractivity contribution in [1.29, 1.82) is 5.26 Å². The second-order valence-corrected chi connectivity index (χ2v) is 4.45. The molecule has 0 aromatic heterocycles. The van der Waals surface area contributed by atoms with Crippen molar-refractivity contribution in [2.24, 2.45) is 5.92 Å². The minimum absolute atomic E-state index is 0.0489. The summed E-state index contributed by atoms with van der Waals surface area (Å²) in [6.07, 6.45) is -0.0489. The summed E-state index contributed by atoms with van der Waals surface area (Å²) in [7, 11) is 0. The van der Waals surface area contributed by atoms with Crippen LogP contribution in [-0.4, -0.2) is 23.5 Å². The Labute approximate surface area is 108 Å². The fourth-order valence-electron chi connectivity index (χ4n) is 1.93. The molecule has 1 heterocycles. The minimum atomic E-state index is -1.01. The van der Waals surface area contributed by atoms with Gasteiger partial charge in [0.2, 0.25) is 5.91 Å². The van der Waals surface area contributed by atoms with Crippen molar-refractivity contribution in [3.8, 4) is 6.07 Å². The number of benzene rings is 1. The standard InChI is InChI=1S/C12H9ClN2O3/c13-9-2-1-7(5-14)10(4-9)15-6-8(12(17)18)3-11(15)16/h1-2,4,8H,3,6H2,(H,17,18). The van der Waals surface area contributed by atoms with E-state index >= 15 is 0 Å². The Kier molecular flexibility index (Phi) is 3.21. The summed E-state index contributed by atoms with van der Waals surface area (Å²) in [6, 6.07) is 6.53. The number of halogens is 1. The Balaban J connectivity index is 2.38. The summed E-state index contributed by atoms with van der Waals surface area (Å²) in [5.41, 5.74) is 0.678. The van der Waals surface area contributed by atoms with Crippen LogP contribution in [0.4, 0.5) is 5.69 Å². The van der Waals surface area contributed by atoms with Crippen LogP contribution < -0.4 is 4.90 Å². The quantitative estimate of drug-likeness (QED) is 0.880. The number of hydrogen-bond acceptors (Lipinski definition) is 3. The molecular weight excluding hydrogens is 256 g/mol. The van der Waals surface area contributed by atoms with Crippen molar-refractivity contribution in [3.05, 3.63) is 28.8 Å². The van der Waals surface area contributed by atoms with Gasteiger partial charge in [0, 0.05) is 18.0 Å². The number of aliphatic carboxylic acids is 1. The van der Waals surface area contributed by atoms with Gasteiger partial charge in [-0.05, 0) is 18.2 Å². The smallest absolute Gasteiger partial charge is 0.308 e. The second-order valence-electron chi connectivity index (χ2n) is 4.02. The topological polar surface area (TPSA) is 81.4 Å². The van der Waals surface area contributed by atoms with E-state index in [1.807, 2.05) is 6.07 Å². The molecule has 1 aliphatic rings. The van der Waals surface area contributed by atoms with Crippen molar-refractivity contribution in [1.82, 2.24) is 0 Å². The molecule has 1 aromatic rings. The fraction of sp³-hybridized carbons (Fsp3) is 0.250. The first-order valence-corrected chi connectivity index (χ1v) is 5.63. The number of rotatable bonds is 2. The zero-order valence-electron chi connectivity index (χ0n) is 9.26. The van der Waals surface area contributed by atoms with Crippen LogP contribution in [0.15, 0.2) is 18.2 Å². The van der Waals surface area contributed by atoms with Crippen molar-refractivity contribution < 1.29 is 14.7 Å². The zero-order valence-corrected chi connectivity index (χ0v) is 10.0. The maximum absolute atomic E-state index is 11.8. The molecular formula is C12H9ClN2O3. The zero-order chi connectivity index (χ0) is 13.3. The fourth-order valence-corrected chi connectivity index (χ4v) is 2.09. The van der Waals surface area contributed by atoms with E-state index in [-0.39, 0.29) is 18.9 Å². The van der Waals surface area contributed by atoms with Crippen LogP contribution in [0.25, 0.3) is 0 Å². The molecule has 6 heteroatoms. The Morgan fingerprint density at radius 3 is 2.83 bits per heavy atom. The van der Waals surface area contributed by atoms with E-state index in [1.54, 1.807) is 6.07 Å². The number of nitrogens with zero attached hydrogens (tertiary/aromatic N) is 2. The summed E-state index contributed by atoms with van der Waals surface area (Å²) in [5.74, 6) is -2.05. The van der Waals surface area contributed by atoms with Crippen LogP contribution in [0.1, 0.15) is 12.0 Å². The van der Waals surface area contributed by atoms with Crippen LogP contribution in [-0.2, 0) is 9.59 Å². The van der Waals surface area contributed by atoms with Crippen molar-refractivity contribution in [3.63, 3.8) is 0 Å². The van der Waals surface area contributed by atoms with E-state index in [0.29, 0.717) is 16.3 Å². The largest absolute Gasteiger partial charge is 0.481 e. The maximum atomic E-state index is 11.8. The number of carbonyl (C=O) groups excluding carboxylic acids is 1. The Morgan fingerprint density at radius 1 is 1.56 bits per heavy atom. The highest BCUT2D eigenvalue weighted by Crippen LogP contribution is 2.30. The molecule has 0 spiro atoms. The monoisotopic (exact) mass is 264 g/mol. The van der Waals surface area contributed by atoms with Gasteiger partial charge in [0.05, 0.1) is 17.2 Å². The van der Waals surface area contributed by atoms with Crippen LogP contribution >= 0.6 is 11.6 Å². The number of nitriles is 1. The number of anilines is 1. The van der Waals surface area contributed by atoms with Gasteiger partial charge in [-0.2, -0.15) is 5.26 Å². The van der Waals surface area contributed by atoms with E-state index in [9.17, 15) is 9.59 Å². The molecule has 92 valence electrons. The number of amides is 1. The van der Waals surface area contributed by atoms with Gasteiger partial charge in [-0.1, -0.05) is 11.6 Å². The third-order valence-corrected chi connectivity index (χ3v) is 3.08. The average molecular weight is 265 g/mol. The number of carbonyl (C=O) groups is 2. The van der Waals surface area contributed by atoms with Crippen molar-refractivity contribution >= 4 is 29.2 Å². The van der Waals surface area contributed by atoms with Crippen molar-refractivity contribution in [2.75, 3.05) is 11.4 Å². The third kappa shape index (κ3) is 2.15. The Morgan fingerprint density at radius 2 is 2.28 bits per heavy atom. The summed E-state index contributed by atoms with van der Waals surface area (Å²) in [4.78, 5) is 24.0. The molecule has 1 aliphatic heterocycles. The van der Waals surface area contributed by atoms with E-state index in [4.69, 9.17) is 22.0 Å². The van der Waals surface area contributed by atoms with E-state index in [0.717, 1.165) is 0 Å². The molecule has 1 fully saturated rings. The van der Waals surface area contributed by atoms with Gasteiger partial charge < -0.3 is 10.0 Å². The molecule has 1 amide bonds. The first-order chi connectivity index (χ1) is 8.52. The Bertz CT molecular complexity index is 565. The lowest BCUT2D eigenvalue weighted by Gasteiger charge is -2.17. The predicted molar refractivity (Wildman–Crippen MR) is 64.3 cm³/mol. The van der Waals surface area contributed by atoms with Crippen LogP contribution in [0.3, 0.4) is 0 Å². The van der Waals surface area contributed by atoms with Crippen molar-refractivity contribution in [2.45, 2.75) is 6.42 Å². The minimum Gasteiger partial charge on any atom is -0.481 e. The van der Waals surface area contributed by atoms with Gasteiger partial charge >= 0.3 is 5.97 Å². The van der Waals surface area contributed by atoms with Gasteiger partial charge in [-0.15, -0.1) is 0 Å². The molecule has 0 radical (unpaired) electrons. The predicted octanol–water partition coefficient (Wildman–Crippen LogP) is 1.65. The van der Waals surface area contributed by atoms with E-state index in [1.165, 1.54) is 17.0 Å². The molecule has 1 N–H and O–H groups in total. The number of carboxylic acids is 1. The molecule has 1 aromatic carbocycles. The van der Waals surface area contributed by atoms with E-state index < -0.39 is 11.9 Å². The highest BCUT2D eigenvalue weighted by atomic mass is 35.5. The summed E-state index contributed by atoms with van der Waals surface area (Å²) < 4.78 is 0. The molecule has 5 nitrogen and oxygen atoms in total. The molecule has 1 atom stereocenters.